The maximum absolute atomic E-state index is 5.49. The van der Waals surface area contributed by atoms with Gasteiger partial charge < -0.3 is 19.7 Å². The van der Waals surface area contributed by atoms with Crippen molar-refractivity contribution in [3.05, 3.63) is 46.1 Å². The summed E-state index contributed by atoms with van der Waals surface area (Å²) < 4.78 is 10.8. The summed E-state index contributed by atoms with van der Waals surface area (Å²) >= 11 is 1.75. The van der Waals surface area contributed by atoms with E-state index in [0.717, 1.165) is 67.0 Å². The van der Waals surface area contributed by atoms with E-state index in [-0.39, 0.29) is 6.04 Å². The summed E-state index contributed by atoms with van der Waals surface area (Å²) in [5.41, 5.74) is 2.50. The Labute approximate surface area is 194 Å². The molecule has 4 rings (SSSR count). The Morgan fingerprint density at radius 3 is 2.53 bits per heavy atom. The van der Waals surface area contributed by atoms with Crippen LogP contribution in [0.4, 0.5) is 5.82 Å². The van der Waals surface area contributed by atoms with Gasteiger partial charge in [0.1, 0.15) is 22.2 Å². The highest BCUT2D eigenvalue weighted by atomic mass is 32.1. The van der Waals surface area contributed by atoms with Crippen molar-refractivity contribution in [1.29, 1.82) is 0 Å². The van der Waals surface area contributed by atoms with Crippen LogP contribution in [-0.2, 0) is 11.3 Å². The lowest BCUT2D eigenvalue weighted by Crippen LogP contribution is -2.36. The van der Waals surface area contributed by atoms with Gasteiger partial charge in [-0.3, -0.25) is 4.90 Å². The smallest absolute Gasteiger partial charge is 0.146 e. The van der Waals surface area contributed by atoms with Gasteiger partial charge in [0.2, 0.25) is 0 Å². The zero-order valence-electron chi connectivity index (χ0n) is 19.6. The predicted molar refractivity (Wildman–Crippen MR) is 131 cm³/mol. The third-order valence-electron chi connectivity index (χ3n) is 6.13. The summed E-state index contributed by atoms with van der Waals surface area (Å²) in [4.78, 5) is 16.8. The Hall–Kier alpha value is -2.26. The number of morpholine rings is 1. The van der Waals surface area contributed by atoms with Gasteiger partial charge in [0.25, 0.3) is 0 Å². The number of benzene rings is 1. The van der Waals surface area contributed by atoms with Crippen molar-refractivity contribution in [1.82, 2.24) is 19.8 Å². The molecule has 2 aromatic heterocycles. The lowest BCUT2D eigenvalue weighted by molar-refractivity contribution is 0.0331. The van der Waals surface area contributed by atoms with Crippen LogP contribution in [0, 0.1) is 13.8 Å². The molecule has 3 heterocycles. The largest absolute Gasteiger partial charge is 0.497 e. The van der Waals surface area contributed by atoms with Gasteiger partial charge in [0, 0.05) is 24.5 Å². The molecule has 1 atom stereocenters. The van der Waals surface area contributed by atoms with Gasteiger partial charge in [-0.25, -0.2) is 9.97 Å². The van der Waals surface area contributed by atoms with Crippen LogP contribution in [0.5, 0.6) is 5.75 Å². The quantitative estimate of drug-likeness (QED) is 0.553. The van der Waals surface area contributed by atoms with Crippen LogP contribution in [0.25, 0.3) is 10.2 Å². The number of ether oxygens (including phenoxy) is 2. The molecule has 3 aromatic rings. The van der Waals surface area contributed by atoms with Crippen molar-refractivity contribution in [2.75, 3.05) is 59.4 Å². The third kappa shape index (κ3) is 5.04. The van der Waals surface area contributed by atoms with E-state index in [1.807, 2.05) is 12.1 Å². The average molecular weight is 456 g/mol. The third-order valence-corrected chi connectivity index (χ3v) is 7.23. The Morgan fingerprint density at radius 1 is 1.16 bits per heavy atom. The van der Waals surface area contributed by atoms with E-state index in [1.54, 1.807) is 18.4 Å². The maximum Gasteiger partial charge on any atom is 0.146 e. The van der Waals surface area contributed by atoms with E-state index in [1.165, 1.54) is 16.0 Å². The van der Waals surface area contributed by atoms with Crippen LogP contribution in [0.15, 0.2) is 24.3 Å². The van der Waals surface area contributed by atoms with Crippen molar-refractivity contribution >= 4 is 27.4 Å². The molecule has 8 heteroatoms. The van der Waals surface area contributed by atoms with Crippen LogP contribution in [0.1, 0.15) is 27.9 Å². The topological polar surface area (TPSA) is 62.8 Å². The number of rotatable bonds is 8. The van der Waals surface area contributed by atoms with Crippen molar-refractivity contribution < 1.29 is 9.47 Å². The molecule has 1 aromatic carbocycles. The fourth-order valence-corrected chi connectivity index (χ4v) is 5.12. The molecule has 1 aliphatic heterocycles. The van der Waals surface area contributed by atoms with Crippen LogP contribution in [0.2, 0.25) is 0 Å². The van der Waals surface area contributed by atoms with E-state index >= 15 is 0 Å². The van der Waals surface area contributed by atoms with E-state index in [9.17, 15) is 0 Å². The molecular formula is C24H33N5O2S. The fourth-order valence-electron chi connectivity index (χ4n) is 4.07. The number of methoxy groups -OCH3 is 1. The normalized spacial score (nSPS) is 15.9. The molecule has 1 saturated heterocycles. The highest BCUT2D eigenvalue weighted by Gasteiger charge is 2.20. The number of nitrogens with zero attached hydrogens (tertiary/aromatic N) is 4. The lowest BCUT2D eigenvalue weighted by Gasteiger charge is -2.27. The van der Waals surface area contributed by atoms with E-state index in [0.29, 0.717) is 0 Å². The number of likely N-dealkylation sites (N-methyl/N-ethyl adjacent to an activating group) is 1. The zero-order chi connectivity index (χ0) is 22.7. The number of thiophene rings is 1. The Bertz CT molecular complexity index is 1040. The standard InChI is InChI=1S/C24H33N5O2S/c1-16-17(2)32-24-22(16)23(26-21(27-24)15-29-10-12-31-13-11-29)25-14-20(28(3)4)18-6-8-19(30-5)9-7-18/h6-9,20H,10-15H2,1-5H3,(H,25,26,27). The molecule has 1 aliphatic rings. The molecule has 0 radical (unpaired) electrons. The first-order valence-electron chi connectivity index (χ1n) is 11.1. The number of anilines is 1. The Balaban J connectivity index is 1.60. The lowest BCUT2D eigenvalue weighted by atomic mass is 10.1. The molecule has 0 amide bonds. The first kappa shape index (κ1) is 22.9. The van der Waals surface area contributed by atoms with E-state index in [2.05, 4.69) is 55.2 Å². The second-order valence-corrected chi connectivity index (χ2v) is 9.68. The number of nitrogens with one attached hydrogen (secondary N) is 1. The number of hydrogen-bond acceptors (Lipinski definition) is 8. The molecule has 1 unspecified atom stereocenters. The number of fused-ring (bicyclic) bond motifs is 1. The summed E-state index contributed by atoms with van der Waals surface area (Å²) in [5, 5.41) is 4.81. The summed E-state index contributed by atoms with van der Waals surface area (Å²) in [6.45, 7) is 9.22. The first-order chi connectivity index (χ1) is 15.5. The fraction of sp³-hybridized carbons (Fsp3) is 0.500. The summed E-state index contributed by atoms with van der Waals surface area (Å²) in [6.07, 6.45) is 0. The Kier molecular flexibility index (Phi) is 7.25. The summed E-state index contributed by atoms with van der Waals surface area (Å²) in [6, 6.07) is 8.49. The van der Waals surface area contributed by atoms with Crippen molar-refractivity contribution in [2.45, 2.75) is 26.4 Å². The molecule has 0 aliphatic carbocycles. The van der Waals surface area contributed by atoms with E-state index < -0.39 is 0 Å². The minimum Gasteiger partial charge on any atom is -0.497 e. The average Bonchev–Trinajstić information content (AvgIpc) is 3.08. The van der Waals surface area contributed by atoms with Crippen molar-refractivity contribution in [3.63, 3.8) is 0 Å². The van der Waals surface area contributed by atoms with E-state index in [4.69, 9.17) is 19.4 Å². The number of aromatic nitrogens is 2. The monoisotopic (exact) mass is 455 g/mol. The Morgan fingerprint density at radius 2 is 1.88 bits per heavy atom. The minimum atomic E-state index is 0.202. The minimum absolute atomic E-state index is 0.202. The summed E-state index contributed by atoms with van der Waals surface area (Å²) in [7, 11) is 5.91. The first-order valence-corrected chi connectivity index (χ1v) is 11.9. The van der Waals surface area contributed by atoms with Gasteiger partial charge >= 0.3 is 0 Å². The SMILES string of the molecule is COc1ccc(C(CNc2nc(CN3CCOCC3)nc3sc(C)c(C)c23)N(C)C)cc1. The van der Waals surface area contributed by atoms with Crippen molar-refractivity contribution in [3.8, 4) is 5.75 Å². The molecule has 172 valence electrons. The molecule has 1 N–H and O–H groups in total. The highest BCUT2D eigenvalue weighted by Crippen LogP contribution is 2.34. The second kappa shape index (κ2) is 10.1. The summed E-state index contributed by atoms with van der Waals surface area (Å²) in [5.74, 6) is 2.67. The highest BCUT2D eigenvalue weighted by molar-refractivity contribution is 7.18. The maximum atomic E-state index is 5.49. The van der Waals surface area contributed by atoms with Crippen LogP contribution >= 0.6 is 11.3 Å². The van der Waals surface area contributed by atoms with Gasteiger partial charge in [-0.2, -0.15) is 0 Å². The molecule has 7 nitrogen and oxygen atoms in total. The predicted octanol–water partition coefficient (Wildman–Crippen LogP) is 3.86. The van der Waals surface area contributed by atoms with Gasteiger partial charge in [0.15, 0.2) is 0 Å². The molecule has 0 spiro atoms. The molecule has 1 fully saturated rings. The van der Waals surface area contributed by atoms with Gasteiger partial charge in [-0.05, 0) is 51.2 Å². The molecule has 32 heavy (non-hydrogen) atoms. The number of hydrogen-bond donors (Lipinski definition) is 1. The second-order valence-electron chi connectivity index (χ2n) is 8.47. The van der Waals surface area contributed by atoms with Crippen LogP contribution in [-0.4, -0.2) is 73.8 Å². The molecule has 0 saturated carbocycles. The van der Waals surface area contributed by atoms with Crippen molar-refractivity contribution in [2.24, 2.45) is 0 Å². The zero-order valence-corrected chi connectivity index (χ0v) is 20.5. The van der Waals surface area contributed by atoms with Gasteiger partial charge in [-0.1, -0.05) is 12.1 Å². The van der Waals surface area contributed by atoms with Gasteiger partial charge in [-0.15, -0.1) is 11.3 Å². The molecular weight excluding hydrogens is 422 g/mol. The number of aryl methyl sites for hydroxylation is 2. The molecule has 0 bridgehead atoms. The van der Waals surface area contributed by atoms with Crippen LogP contribution in [0.3, 0.4) is 0 Å². The van der Waals surface area contributed by atoms with Crippen LogP contribution < -0.4 is 10.1 Å². The van der Waals surface area contributed by atoms with Gasteiger partial charge in [0.05, 0.1) is 38.3 Å².